The Bertz CT molecular complexity index is 1440. The zero-order chi connectivity index (χ0) is 34.9. The second-order valence-electron chi connectivity index (χ2n) is 9.75. The number of para-hydroxylation sites is 1. The second-order valence-corrected chi connectivity index (χ2v) is 9.75. The second kappa shape index (κ2) is 19.3. The molecule has 2 rings (SSSR count). The molecule has 6 N–H and O–H groups in total. The van der Waals surface area contributed by atoms with Crippen LogP contribution < -0.4 is 27.2 Å². The molecule has 0 unspecified atom stereocenters. The number of methoxy groups -OCH3 is 1. The molecule has 0 radical (unpaired) electrons. The molecule has 0 spiro atoms. The van der Waals surface area contributed by atoms with Crippen molar-refractivity contribution in [1.29, 1.82) is 0 Å². The number of anilines is 2. The fourth-order valence-corrected chi connectivity index (χ4v) is 3.74. The van der Waals surface area contributed by atoms with E-state index in [1.165, 1.54) is 42.2 Å². The number of nitrogens with one attached hydrogen (secondary N) is 3. The van der Waals surface area contributed by atoms with Crippen LogP contribution >= 0.6 is 0 Å². The van der Waals surface area contributed by atoms with Crippen LogP contribution in [0.1, 0.15) is 49.9 Å². The minimum absolute atomic E-state index is 0.0427. The van der Waals surface area contributed by atoms with Crippen molar-refractivity contribution in [1.82, 2.24) is 15.2 Å². The molecule has 2 aromatic rings. The molecule has 0 saturated carbocycles. The summed E-state index contributed by atoms with van der Waals surface area (Å²) in [6, 6.07) is 8.33. The number of nitrogen functional groups attached to an aromatic ring is 1. The molecule has 0 fully saturated rings. The van der Waals surface area contributed by atoms with Gasteiger partial charge in [-0.15, -0.1) is 0 Å². The van der Waals surface area contributed by atoms with E-state index in [4.69, 9.17) is 15.6 Å². The fraction of sp³-hybridized carbons (Fsp3) is 0.400. The van der Waals surface area contributed by atoms with Gasteiger partial charge in [-0.05, 0) is 43.0 Å². The average Bonchev–Trinajstić information content (AvgIpc) is 3.00. The Kier molecular flexibility index (Phi) is 16.3. The third-order valence-electron chi connectivity index (χ3n) is 6.48. The van der Waals surface area contributed by atoms with E-state index < -0.39 is 41.5 Å². The Morgan fingerprint density at radius 2 is 1.70 bits per heavy atom. The van der Waals surface area contributed by atoms with Crippen molar-refractivity contribution in [3.8, 4) is 0 Å². The predicted molar refractivity (Wildman–Crippen MR) is 163 cm³/mol. The molecule has 0 aliphatic rings. The minimum atomic E-state index is -5.08. The molecule has 13 nitrogen and oxygen atoms in total. The van der Waals surface area contributed by atoms with Gasteiger partial charge in [0.2, 0.25) is 11.8 Å². The van der Waals surface area contributed by atoms with Crippen LogP contribution in [0, 0.1) is 5.92 Å². The molecule has 0 aliphatic carbocycles. The van der Waals surface area contributed by atoms with Crippen molar-refractivity contribution >= 4 is 41.0 Å². The van der Waals surface area contributed by atoms with Gasteiger partial charge in [-0.2, -0.15) is 13.2 Å². The van der Waals surface area contributed by atoms with Crippen molar-refractivity contribution in [2.24, 2.45) is 5.92 Å². The number of halogens is 3. The van der Waals surface area contributed by atoms with E-state index in [9.17, 15) is 37.1 Å². The number of allylic oxidation sites excluding steroid dienone is 1. The molecule has 3 amide bonds. The standard InChI is InChI=1S/C28H37N5O6.C2HF3O2/c1-4-19(5-2)17-30-24(34)18-33-16-10-14-23(28(33)38)32-27(37)22(13-8-9-15-25(35)39-3)31-26(36)20-11-6-7-12-21(20)29;3-2(4,5)1(6)7/h6-7,9-12,14-16,19,22H,4-5,8,13,17-18,29H2,1-3H3,(H,30,34)(H,31,36)(H,32,37);(H,6,7)/t22-;/m0./s1. The van der Waals surface area contributed by atoms with Gasteiger partial charge < -0.3 is 36.1 Å². The number of carboxylic acids is 1. The number of carbonyl (C=O) groups is 5. The first-order valence-corrected chi connectivity index (χ1v) is 14.1. The first-order valence-electron chi connectivity index (χ1n) is 14.1. The highest BCUT2D eigenvalue weighted by Crippen LogP contribution is 2.14. The predicted octanol–water partition coefficient (Wildman–Crippen LogP) is 2.86. The maximum atomic E-state index is 13.2. The number of hydrogen-bond acceptors (Lipinski definition) is 8. The van der Waals surface area contributed by atoms with Crippen molar-refractivity contribution in [3.05, 3.63) is 70.7 Å². The van der Waals surface area contributed by atoms with Gasteiger partial charge in [0.15, 0.2) is 0 Å². The van der Waals surface area contributed by atoms with Crippen LogP contribution in [0.4, 0.5) is 24.5 Å². The summed E-state index contributed by atoms with van der Waals surface area (Å²) in [6.07, 6.45) is 1.37. The molecule has 0 saturated heterocycles. The van der Waals surface area contributed by atoms with Crippen molar-refractivity contribution in [2.75, 3.05) is 24.7 Å². The summed E-state index contributed by atoms with van der Waals surface area (Å²) in [5, 5.41) is 15.2. The molecule has 252 valence electrons. The van der Waals surface area contributed by atoms with Crippen LogP contribution in [0.5, 0.6) is 0 Å². The van der Waals surface area contributed by atoms with Gasteiger partial charge in [-0.3, -0.25) is 19.2 Å². The van der Waals surface area contributed by atoms with Crippen LogP contribution in [-0.2, 0) is 30.5 Å². The number of aliphatic carboxylic acids is 1. The molecule has 1 aromatic heterocycles. The van der Waals surface area contributed by atoms with Crippen LogP contribution in [0.3, 0.4) is 0 Å². The largest absolute Gasteiger partial charge is 0.490 e. The summed E-state index contributed by atoms with van der Waals surface area (Å²) < 4.78 is 37.5. The monoisotopic (exact) mass is 653 g/mol. The van der Waals surface area contributed by atoms with Crippen LogP contribution in [0.15, 0.2) is 59.5 Å². The van der Waals surface area contributed by atoms with Gasteiger partial charge in [0.25, 0.3) is 11.5 Å². The Morgan fingerprint density at radius 3 is 2.26 bits per heavy atom. The fourth-order valence-electron chi connectivity index (χ4n) is 3.74. The Labute approximate surface area is 263 Å². The number of aromatic nitrogens is 1. The highest BCUT2D eigenvalue weighted by Gasteiger charge is 2.38. The Hall–Kier alpha value is -5.15. The first kappa shape index (κ1) is 38.9. The molecule has 1 heterocycles. The smallest absolute Gasteiger partial charge is 0.475 e. The molecular weight excluding hydrogens is 615 g/mol. The van der Waals surface area contributed by atoms with Crippen LogP contribution in [0.2, 0.25) is 0 Å². The first-order chi connectivity index (χ1) is 21.6. The maximum absolute atomic E-state index is 13.2. The number of pyridine rings is 1. The minimum Gasteiger partial charge on any atom is -0.475 e. The van der Waals surface area contributed by atoms with E-state index in [2.05, 4.69) is 34.5 Å². The normalized spacial score (nSPS) is 11.6. The maximum Gasteiger partial charge on any atom is 0.490 e. The summed E-state index contributed by atoms with van der Waals surface area (Å²) in [4.78, 5) is 71.6. The number of nitrogens with two attached hydrogens (primary N) is 1. The number of nitrogens with zero attached hydrogens (tertiary/aromatic N) is 1. The lowest BCUT2D eigenvalue weighted by atomic mass is 10.0. The zero-order valence-corrected chi connectivity index (χ0v) is 25.6. The van der Waals surface area contributed by atoms with E-state index >= 15 is 0 Å². The zero-order valence-electron chi connectivity index (χ0n) is 25.6. The topological polar surface area (TPSA) is 199 Å². The highest BCUT2D eigenvalue weighted by atomic mass is 19.4. The number of rotatable bonds is 14. The third kappa shape index (κ3) is 13.7. The number of carbonyl (C=O) groups excluding carboxylic acids is 4. The molecule has 0 bridgehead atoms. The number of benzene rings is 1. The highest BCUT2D eigenvalue weighted by molar-refractivity contribution is 6.03. The van der Waals surface area contributed by atoms with E-state index in [1.807, 2.05) is 0 Å². The van der Waals surface area contributed by atoms with E-state index in [0.29, 0.717) is 12.5 Å². The van der Waals surface area contributed by atoms with Gasteiger partial charge in [0.05, 0.1) is 12.7 Å². The number of hydrogen-bond donors (Lipinski definition) is 5. The van der Waals surface area contributed by atoms with E-state index in [1.54, 1.807) is 24.3 Å². The molecule has 1 aromatic carbocycles. The molecule has 16 heteroatoms. The van der Waals surface area contributed by atoms with Gasteiger partial charge in [-0.25, -0.2) is 9.59 Å². The SMILES string of the molecule is CCC(CC)CNC(=O)Cn1cccc(NC(=O)[C@H](CCC=CC(=O)OC)NC(=O)c2ccccc2N)c1=O.O=C(O)C(F)(F)F. The summed E-state index contributed by atoms with van der Waals surface area (Å²) in [6.45, 7) is 4.43. The van der Waals surface area contributed by atoms with Gasteiger partial charge in [0.1, 0.15) is 18.3 Å². The lowest BCUT2D eigenvalue weighted by Gasteiger charge is -2.19. The molecule has 1 atom stereocenters. The number of ether oxygens (including phenoxy) is 1. The van der Waals surface area contributed by atoms with Gasteiger partial charge >= 0.3 is 18.1 Å². The lowest BCUT2D eigenvalue weighted by Crippen LogP contribution is -2.45. The van der Waals surface area contributed by atoms with Crippen molar-refractivity contribution in [3.63, 3.8) is 0 Å². The van der Waals surface area contributed by atoms with Crippen molar-refractivity contribution < 1.29 is 47.0 Å². The van der Waals surface area contributed by atoms with Gasteiger partial charge in [0, 0.05) is 24.5 Å². The Morgan fingerprint density at radius 1 is 1.07 bits per heavy atom. The van der Waals surface area contributed by atoms with E-state index in [0.717, 1.165) is 12.8 Å². The summed E-state index contributed by atoms with van der Waals surface area (Å²) in [5.74, 6) is -4.46. The summed E-state index contributed by atoms with van der Waals surface area (Å²) >= 11 is 0. The van der Waals surface area contributed by atoms with Crippen LogP contribution in [-0.4, -0.2) is 65.2 Å². The third-order valence-corrected chi connectivity index (χ3v) is 6.48. The molecule has 46 heavy (non-hydrogen) atoms. The van der Waals surface area contributed by atoms with E-state index in [-0.39, 0.29) is 42.2 Å². The summed E-state index contributed by atoms with van der Waals surface area (Å²) in [7, 11) is 1.25. The Balaban J connectivity index is 0.00000135. The number of alkyl halides is 3. The van der Waals surface area contributed by atoms with Gasteiger partial charge in [-0.1, -0.05) is 44.9 Å². The van der Waals surface area contributed by atoms with Crippen molar-refractivity contribution in [2.45, 2.75) is 58.3 Å². The van der Waals surface area contributed by atoms with Crippen LogP contribution in [0.25, 0.3) is 0 Å². The lowest BCUT2D eigenvalue weighted by molar-refractivity contribution is -0.192. The average molecular weight is 654 g/mol. The summed E-state index contributed by atoms with van der Waals surface area (Å²) in [5.41, 5.74) is 5.73. The number of amides is 3. The molecule has 0 aliphatic heterocycles. The number of carboxylic acid groups (broad SMARTS) is 1. The number of esters is 1. The quantitative estimate of drug-likeness (QED) is 0.116. The molecular formula is C30H38F3N5O8.